The second-order valence-corrected chi connectivity index (χ2v) is 5.47. The Hall–Kier alpha value is -2.67. The first kappa shape index (κ1) is 15.2. The Balaban J connectivity index is 2.07. The van der Waals surface area contributed by atoms with E-state index < -0.39 is 6.16 Å². The second kappa shape index (κ2) is 6.21. The number of fused-ring (bicyclic) bond motifs is 1. The van der Waals surface area contributed by atoms with E-state index in [0.29, 0.717) is 33.5 Å². The molecule has 0 saturated carbocycles. The lowest BCUT2D eigenvalue weighted by Crippen LogP contribution is -2.11. The van der Waals surface area contributed by atoms with Crippen LogP contribution in [0.15, 0.2) is 38.5 Å². The van der Waals surface area contributed by atoms with E-state index in [2.05, 4.69) is 4.98 Å². The van der Waals surface area contributed by atoms with Gasteiger partial charge in [-0.15, -0.1) is 11.3 Å². The Kier molecular flexibility index (Phi) is 4.12. The van der Waals surface area contributed by atoms with Crippen molar-refractivity contribution in [2.45, 2.75) is 13.8 Å². The molecule has 0 amide bonds. The van der Waals surface area contributed by atoms with Crippen LogP contribution in [0.2, 0.25) is 0 Å². The van der Waals surface area contributed by atoms with E-state index in [0.717, 1.165) is 0 Å². The second-order valence-electron chi connectivity index (χ2n) is 4.75. The molecule has 0 aliphatic heterocycles. The molecule has 0 fully saturated rings. The van der Waals surface area contributed by atoms with Crippen molar-refractivity contribution in [1.29, 1.82) is 0 Å². The van der Waals surface area contributed by atoms with Crippen molar-refractivity contribution in [2.24, 2.45) is 0 Å². The molecular weight excluding hydrogens is 318 g/mol. The van der Waals surface area contributed by atoms with Crippen LogP contribution in [0.5, 0.6) is 5.75 Å². The van der Waals surface area contributed by atoms with Crippen molar-refractivity contribution in [1.82, 2.24) is 4.98 Å². The summed E-state index contributed by atoms with van der Waals surface area (Å²) in [6, 6.07) is 3.14. The van der Waals surface area contributed by atoms with Gasteiger partial charge in [0.15, 0.2) is 0 Å². The van der Waals surface area contributed by atoms with Crippen LogP contribution in [0, 0.1) is 6.92 Å². The van der Waals surface area contributed by atoms with E-state index in [1.54, 1.807) is 30.8 Å². The molecule has 7 heteroatoms. The summed E-state index contributed by atoms with van der Waals surface area (Å²) >= 11 is 1.40. The maximum atomic E-state index is 12.6. The monoisotopic (exact) mass is 331 g/mol. The van der Waals surface area contributed by atoms with Crippen molar-refractivity contribution in [3.05, 3.63) is 45.1 Å². The highest BCUT2D eigenvalue weighted by atomic mass is 32.1. The molecule has 0 aliphatic rings. The minimum Gasteiger partial charge on any atom is -0.463 e. The number of aromatic nitrogens is 1. The van der Waals surface area contributed by atoms with Crippen molar-refractivity contribution in [3.8, 4) is 17.0 Å². The van der Waals surface area contributed by atoms with Crippen molar-refractivity contribution in [2.75, 3.05) is 6.61 Å². The van der Waals surface area contributed by atoms with Crippen LogP contribution in [0.4, 0.5) is 4.79 Å². The number of ether oxygens (including phenoxy) is 2. The highest BCUT2D eigenvalue weighted by Gasteiger charge is 2.15. The van der Waals surface area contributed by atoms with Gasteiger partial charge in [0, 0.05) is 11.4 Å². The van der Waals surface area contributed by atoms with E-state index in [9.17, 15) is 9.59 Å². The first-order valence-corrected chi connectivity index (χ1v) is 7.83. The molecule has 23 heavy (non-hydrogen) atoms. The summed E-state index contributed by atoms with van der Waals surface area (Å²) in [5, 5.41) is 2.19. The van der Waals surface area contributed by atoms with Gasteiger partial charge in [0.2, 0.25) is 5.43 Å². The zero-order valence-corrected chi connectivity index (χ0v) is 13.3. The van der Waals surface area contributed by atoms with Crippen LogP contribution in [-0.2, 0) is 4.74 Å². The summed E-state index contributed by atoms with van der Waals surface area (Å²) in [5.74, 6) is 0.292. The molecule has 118 valence electrons. The van der Waals surface area contributed by atoms with Gasteiger partial charge in [0.1, 0.15) is 17.6 Å². The topological polar surface area (TPSA) is 78.6 Å². The van der Waals surface area contributed by atoms with Crippen molar-refractivity contribution < 1.29 is 18.7 Å². The van der Waals surface area contributed by atoms with Crippen LogP contribution >= 0.6 is 11.3 Å². The number of rotatable bonds is 3. The predicted octanol–water partition coefficient (Wildman–Crippen LogP) is 3.76. The Bertz CT molecular complexity index is 914. The molecule has 6 nitrogen and oxygen atoms in total. The van der Waals surface area contributed by atoms with E-state index >= 15 is 0 Å². The fourth-order valence-corrected chi connectivity index (χ4v) is 2.69. The Morgan fingerprint density at radius 1 is 1.39 bits per heavy atom. The lowest BCUT2D eigenvalue weighted by Gasteiger charge is -2.08. The summed E-state index contributed by atoms with van der Waals surface area (Å²) < 4.78 is 15.4. The first-order chi connectivity index (χ1) is 11.1. The zero-order valence-electron chi connectivity index (χ0n) is 12.5. The Morgan fingerprint density at radius 3 is 2.91 bits per heavy atom. The molecule has 0 aliphatic carbocycles. The summed E-state index contributed by atoms with van der Waals surface area (Å²) in [4.78, 5) is 28.1. The lowest BCUT2D eigenvalue weighted by atomic mass is 10.1. The number of hydrogen-bond donors (Lipinski definition) is 0. The summed E-state index contributed by atoms with van der Waals surface area (Å²) in [7, 11) is 0. The van der Waals surface area contributed by atoms with Gasteiger partial charge < -0.3 is 13.9 Å². The van der Waals surface area contributed by atoms with Crippen molar-refractivity contribution >= 4 is 28.5 Å². The Morgan fingerprint density at radius 2 is 2.22 bits per heavy atom. The fraction of sp³-hybridized carbons (Fsp3) is 0.188. The van der Waals surface area contributed by atoms with E-state index in [1.165, 1.54) is 23.7 Å². The molecular formula is C16H13NO5S. The summed E-state index contributed by atoms with van der Waals surface area (Å²) in [6.07, 6.45) is 0.569. The molecule has 0 unspecified atom stereocenters. The maximum absolute atomic E-state index is 12.6. The van der Waals surface area contributed by atoms with Crippen LogP contribution in [0.1, 0.15) is 12.5 Å². The van der Waals surface area contributed by atoms with Crippen LogP contribution in [0.3, 0.4) is 0 Å². The van der Waals surface area contributed by atoms with Gasteiger partial charge in [-0.3, -0.25) is 4.79 Å². The highest BCUT2D eigenvalue weighted by molar-refractivity contribution is 7.07. The number of aryl methyl sites for hydroxylation is 1. The molecule has 0 radical (unpaired) electrons. The van der Waals surface area contributed by atoms with Gasteiger partial charge in [0.25, 0.3) is 0 Å². The van der Waals surface area contributed by atoms with Gasteiger partial charge >= 0.3 is 6.16 Å². The third-order valence-corrected chi connectivity index (χ3v) is 3.82. The van der Waals surface area contributed by atoms with Gasteiger partial charge in [-0.2, -0.15) is 0 Å². The molecule has 2 heterocycles. The molecule has 0 spiro atoms. The Labute approximate surface area is 135 Å². The van der Waals surface area contributed by atoms with Crippen LogP contribution < -0.4 is 10.2 Å². The summed E-state index contributed by atoms with van der Waals surface area (Å²) in [5.41, 5.74) is 3.42. The SMILES string of the molecule is CCOC(=O)Oc1cc2occ(-c3cscn3)c(=O)c2cc1C. The molecule has 0 bridgehead atoms. The largest absolute Gasteiger partial charge is 0.513 e. The predicted molar refractivity (Wildman–Crippen MR) is 86.0 cm³/mol. The third-order valence-electron chi connectivity index (χ3n) is 3.23. The van der Waals surface area contributed by atoms with Crippen molar-refractivity contribution in [3.63, 3.8) is 0 Å². The van der Waals surface area contributed by atoms with Crippen LogP contribution in [-0.4, -0.2) is 17.7 Å². The number of carbonyl (C=O) groups excluding carboxylic acids is 1. The third kappa shape index (κ3) is 2.95. The zero-order chi connectivity index (χ0) is 16.4. The molecule has 3 rings (SSSR count). The molecule has 2 aromatic heterocycles. The standard InChI is InChI=1S/C16H13NO5S/c1-3-20-16(19)22-13-5-14-10(4-9(13)2)15(18)11(6-21-14)12-7-23-8-17-12/h4-8H,3H2,1-2H3. The number of nitrogens with zero attached hydrogens (tertiary/aromatic N) is 1. The highest BCUT2D eigenvalue weighted by Crippen LogP contribution is 2.26. The number of carbonyl (C=O) groups is 1. The minimum atomic E-state index is -0.795. The van der Waals surface area contributed by atoms with E-state index in [-0.39, 0.29) is 12.0 Å². The quantitative estimate of drug-likeness (QED) is 0.537. The average molecular weight is 331 g/mol. The minimum absolute atomic E-state index is 0.178. The van der Waals surface area contributed by atoms with E-state index in [4.69, 9.17) is 13.9 Å². The molecule has 0 N–H and O–H groups in total. The lowest BCUT2D eigenvalue weighted by molar-refractivity contribution is 0.104. The first-order valence-electron chi connectivity index (χ1n) is 6.89. The molecule has 0 saturated heterocycles. The van der Waals surface area contributed by atoms with Gasteiger partial charge in [-0.25, -0.2) is 9.78 Å². The smallest absolute Gasteiger partial charge is 0.463 e. The maximum Gasteiger partial charge on any atom is 0.513 e. The fourth-order valence-electron chi connectivity index (χ4n) is 2.13. The van der Waals surface area contributed by atoms with E-state index in [1.807, 2.05) is 0 Å². The normalized spacial score (nSPS) is 10.7. The van der Waals surface area contributed by atoms with Gasteiger partial charge in [0.05, 0.1) is 28.8 Å². The number of hydrogen-bond acceptors (Lipinski definition) is 7. The van der Waals surface area contributed by atoms with Crippen LogP contribution in [0.25, 0.3) is 22.2 Å². The molecule has 1 aromatic carbocycles. The average Bonchev–Trinajstić information content (AvgIpc) is 3.03. The van der Waals surface area contributed by atoms with Gasteiger partial charge in [-0.1, -0.05) is 0 Å². The summed E-state index contributed by atoms with van der Waals surface area (Å²) in [6.45, 7) is 3.65. The molecule has 3 aromatic rings. The molecule has 0 atom stereocenters. The number of thiazole rings is 1. The van der Waals surface area contributed by atoms with Gasteiger partial charge in [-0.05, 0) is 25.5 Å². The number of benzene rings is 1.